The van der Waals surface area contributed by atoms with Crippen LogP contribution in [0.15, 0.2) is 16.9 Å². The number of carboxylic acids is 1. The number of nitrogens with zero attached hydrogens (tertiary/aromatic N) is 2. The number of carbonyl (C=O) groups is 1. The smallest absolute Gasteiger partial charge is 0.356 e. The first-order chi connectivity index (χ1) is 6.65. The highest BCUT2D eigenvalue weighted by atomic mass is 19.1. The molecule has 0 aliphatic rings. The van der Waals surface area contributed by atoms with Crippen LogP contribution in [-0.2, 0) is 6.54 Å². The molecule has 0 fully saturated rings. The van der Waals surface area contributed by atoms with Gasteiger partial charge in [-0.25, -0.2) is 9.48 Å². The number of aromatic carboxylic acids is 1. The van der Waals surface area contributed by atoms with Gasteiger partial charge in [-0.15, -0.1) is 0 Å². The number of hydrogen-bond acceptors (Lipinski definition) is 3. The summed E-state index contributed by atoms with van der Waals surface area (Å²) in [4.78, 5) is 21.6. The molecule has 0 saturated carbocycles. The van der Waals surface area contributed by atoms with Gasteiger partial charge in [0.1, 0.15) is 0 Å². The summed E-state index contributed by atoms with van der Waals surface area (Å²) in [5.74, 6) is -1.21. The van der Waals surface area contributed by atoms with Crippen LogP contribution in [-0.4, -0.2) is 27.5 Å². The van der Waals surface area contributed by atoms with Crippen molar-refractivity contribution in [2.75, 3.05) is 6.67 Å². The summed E-state index contributed by atoms with van der Waals surface area (Å²) in [6.07, 6.45) is 0.149. The quantitative estimate of drug-likeness (QED) is 0.758. The molecule has 5 nitrogen and oxygen atoms in total. The van der Waals surface area contributed by atoms with E-state index in [2.05, 4.69) is 5.10 Å². The number of hydrogen-bond donors (Lipinski definition) is 1. The fraction of sp³-hybridized carbons (Fsp3) is 0.375. The molecular formula is C8H9FN2O3. The van der Waals surface area contributed by atoms with Gasteiger partial charge < -0.3 is 5.11 Å². The molecular weight excluding hydrogens is 191 g/mol. The van der Waals surface area contributed by atoms with Crippen molar-refractivity contribution < 1.29 is 14.3 Å². The number of rotatable bonds is 4. The maximum absolute atomic E-state index is 11.8. The summed E-state index contributed by atoms with van der Waals surface area (Å²) >= 11 is 0. The molecule has 0 saturated heterocycles. The van der Waals surface area contributed by atoms with Crippen molar-refractivity contribution in [3.05, 3.63) is 28.2 Å². The molecule has 0 atom stereocenters. The molecule has 0 aliphatic carbocycles. The molecule has 76 valence electrons. The molecule has 0 bridgehead atoms. The van der Waals surface area contributed by atoms with Crippen LogP contribution in [0.5, 0.6) is 0 Å². The first kappa shape index (κ1) is 10.4. The summed E-state index contributed by atoms with van der Waals surface area (Å²) < 4.78 is 12.8. The SMILES string of the molecule is O=C(O)c1ccc(=O)n(CCCF)n1. The molecule has 6 heteroatoms. The van der Waals surface area contributed by atoms with E-state index in [0.29, 0.717) is 0 Å². The van der Waals surface area contributed by atoms with Crippen molar-refractivity contribution in [3.63, 3.8) is 0 Å². The van der Waals surface area contributed by atoms with E-state index in [1.807, 2.05) is 0 Å². The van der Waals surface area contributed by atoms with Gasteiger partial charge in [0.2, 0.25) is 0 Å². The Kier molecular flexibility index (Phi) is 3.33. The number of aromatic nitrogens is 2. The number of alkyl halides is 1. The highest BCUT2D eigenvalue weighted by Crippen LogP contribution is 1.91. The molecule has 0 aliphatic heterocycles. The van der Waals surface area contributed by atoms with Crippen LogP contribution in [0, 0.1) is 0 Å². The Balaban J connectivity index is 2.96. The van der Waals surface area contributed by atoms with E-state index in [-0.39, 0.29) is 18.7 Å². The molecule has 1 N–H and O–H groups in total. The second-order valence-electron chi connectivity index (χ2n) is 2.63. The summed E-state index contributed by atoms with van der Waals surface area (Å²) in [7, 11) is 0. The largest absolute Gasteiger partial charge is 0.476 e. The molecule has 1 aromatic heterocycles. The third-order valence-electron chi connectivity index (χ3n) is 1.59. The van der Waals surface area contributed by atoms with Crippen LogP contribution in [0.3, 0.4) is 0 Å². The van der Waals surface area contributed by atoms with Gasteiger partial charge in [-0.3, -0.25) is 9.18 Å². The van der Waals surface area contributed by atoms with Crippen LogP contribution >= 0.6 is 0 Å². The lowest BCUT2D eigenvalue weighted by atomic mass is 10.4. The monoisotopic (exact) mass is 200 g/mol. The van der Waals surface area contributed by atoms with E-state index < -0.39 is 18.2 Å². The normalized spacial score (nSPS) is 10.1. The van der Waals surface area contributed by atoms with E-state index in [9.17, 15) is 14.0 Å². The summed E-state index contributed by atoms with van der Waals surface area (Å²) in [6.45, 7) is -0.470. The van der Waals surface area contributed by atoms with E-state index >= 15 is 0 Å². The number of aryl methyl sites for hydroxylation is 1. The standard InChI is InChI=1S/C8H9FN2O3/c9-4-1-5-11-7(12)3-2-6(10-11)8(13)14/h2-3H,1,4-5H2,(H,13,14). The summed E-state index contributed by atoms with van der Waals surface area (Å²) in [5.41, 5.74) is -0.646. The lowest BCUT2D eigenvalue weighted by Gasteiger charge is -2.02. The van der Waals surface area contributed by atoms with Gasteiger partial charge >= 0.3 is 5.97 Å². The van der Waals surface area contributed by atoms with Crippen molar-refractivity contribution in [1.29, 1.82) is 0 Å². The first-order valence-corrected chi connectivity index (χ1v) is 4.02. The van der Waals surface area contributed by atoms with Gasteiger partial charge in [0, 0.05) is 12.6 Å². The molecule has 1 rings (SSSR count). The maximum Gasteiger partial charge on any atom is 0.356 e. The van der Waals surface area contributed by atoms with E-state index in [4.69, 9.17) is 5.11 Å². The second kappa shape index (κ2) is 4.50. The van der Waals surface area contributed by atoms with Crippen LogP contribution in [0.2, 0.25) is 0 Å². The third-order valence-corrected chi connectivity index (χ3v) is 1.59. The van der Waals surface area contributed by atoms with Gasteiger partial charge in [0.05, 0.1) is 6.67 Å². The van der Waals surface area contributed by atoms with Crippen molar-refractivity contribution in [2.24, 2.45) is 0 Å². The lowest BCUT2D eigenvalue weighted by Crippen LogP contribution is -2.24. The first-order valence-electron chi connectivity index (χ1n) is 4.02. The fourth-order valence-electron chi connectivity index (χ4n) is 0.933. The molecule has 0 unspecified atom stereocenters. The molecule has 14 heavy (non-hydrogen) atoms. The van der Waals surface area contributed by atoms with Gasteiger partial charge in [0.25, 0.3) is 5.56 Å². The zero-order chi connectivity index (χ0) is 10.6. The molecule has 0 radical (unpaired) electrons. The Morgan fingerprint density at radius 2 is 2.29 bits per heavy atom. The molecule has 0 spiro atoms. The van der Waals surface area contributed by atoms with Gasteiger partial charge in [-0.05, 0) is 12.5 Å². The minimum absolute atomic E-state index is 0.0937. The maximum atomic E-state index is 11.8. The van der Waals surface area contributed by atoms with Crippen LogP contribution in [0.25, 0.3) is 0 Å². The number of carboxylic acid groups (broad SMARTS) is 1. The highest BCUT2D eigenvalue weighted by Gasteiger charge is 2.06. The van der Waals surface area contributed by atoms with E-state index in [0.717, 1.165) is 16.8 Å². The Hall–Kier alpha value is -1.72. The zero-order valence-electron chi connectivity index (χ0n) is 7.31. The third kappa shape index (κ3) is 2.38. The Bertz CT molecular complexity index is 388. The predicted molar refractivity (Wildman–Crippen MR) is 46.0 cm³/mol. The average Bonchev–Trinajstić information content (AvgIpc) is 2.16. The predicted octanol–water partition coefficient (Wildman–Crippen LogP) is 0.301. The van der Waals surface area contributed by atoms with Gasteiger partial charge in [-0.2, -0.15) is 5.10 Å². The van der Waals surface area contributed by atoms with E-state index in [1.54, 1.807) is 0 Å². The minimum atomic E-state index is -1.21. The Morgan fingerprint density at radius 1 is 1.57 bits per heavy atom. The van der Waals surface area contributed by atoms with E-state index in [1.165, 1.54) is 0 Å². The van der Waals surface area contributed by atoms with Crippen molar-refractivity contribution in [3.8, 4) is 0 Å². The topological polar surface area (TPSA) is 72.2 Å². The lowest BCUT2D eigenvalue weighted by molar-refractivity contribution is 0.0687. The van der Waals surface area contributed by atoms with Crippen molar-refractivity contribution in [2.45, 2.75) is 13.0 Å². The minimum Gasteiger partial charge on any atom is -0.476 e. The molecule has 1 aromatic rings. The highest BCUT2D eigenvalue weighted by molar-refractivity contribution is 5.84. The average molecular weight is 200 g/mol. The van der Waals surface area contributed by atoms with Gasteiger partial charge in [-0.1, -0.05) is 0 Å². The second-order valence-corrected chi connectivity index (χ2v) is 2.63. The molecule has 0 amide bonds. The zero-order valence-corrected chi connectivity index (χ0v) is 7.31. The van der Waals surface area contributed by atoms with Crippen LogP contribution in [0.4, 0.5) is 4.39 Å². The Morgan fingerprint density at radius 3 is 2.86 bits per heavy atom. The molecule has 1 heterocycles. The number of halogens is 1. The van der Waals surface area contributed by atoms with Gasteiger partial charge in [0.15, 0.2) is 5.69 Å². The van der Waals surface area contributed by atoms with Crippen molar-refractivity contribution in [1.82, 2.24) is 9.78 Å². The van der Waals surface area contributed by atoms with Crippen LogP contribution in [0.1, 0.15) is 16.9 Å². The van der Waals surface area contributed by atoms with Crippen molar-refractivity contribution >= 4 is 5.97 Å². The molecule has 0 aromatic carbocycles. The van der Waals surface area contributed by atoms with Crippen LogP contribution < -0.4 is 5.56 Å². The summed E-state index contributed by atoms with van der Waals surface area (Å²) in [6, 6.07) is 2.23. The fourth-order valence-corrected chi connectivity index (χ4v) is 0.933. The Labute approximate surface area is 78.8 Å². The summed E-state index contributed by atoms with van der Waals surface area (Å²) in [5, 5.41) is 12.1.